The number of fused-ring (bicyclic) bond motifs is 1. The summed E-state index contributed by atoms with van der Waals surface area (Å²) >= 11 is 0. The van der Waals surface area contributed by atoms with Gasteiger partial charge < -0.3 is 15.4 Å². The number of carbonyl (C=O) groups excluding carboxylic acids is 2. The van der Waals surface area contributed by atoms with E-state index in [2.05, 4.69) is 15.4 Å². The Bertz CT molecular complexity index is 486. The molecule has 5 nitrogen and oxygen atoms in total. The number of amides is 1. The van der Waals surface area contributed by atoms with Crippen LogP contribution < -0.4 is 10.6 Å². The fourth-order valence-electron chi connectivity index (χ4n) is 2.22. The molecule has 1 aromatic rings. The van der Waals surface area contributed by atoms with Gasteiger partial charge in [-0.3, -0.25) is 9.59 Å². The first kappa shape index (κ1) is 13.5. The van der Waals surface area contributed by atoms with Crippen molar-refractivity contribution < 1.29 is 14.3 Å². The van der Waals surface area contributed by atoms with Gasteiger partial charge in [-0.15, -0.1) is 0 Å². The average molecular weight is 262 g/mol. The Morgan fingerprint density at radius 3 is 3.05 bits per heavy atom. The number of methoxy groups -OCH3 is 1. The van der Waals surface area contributed by atoms with Gasteiger partial charge in [0, 0.05) is 18.7 Å². The first-order valence-corrected chi connectivity index (χ1v) is 6.39. The minimum absolute atomic E-state index is 0.123. The number of ether oxygens (including phenoxy) is 1. The van der Waals surface area contributed by atoms with Crippen LogP contribution in [-0.4, -0.2) is 32.1 Å². The molecule has 5 heteroatoms. The first-order chi connectivity index (χ1) is 9.22. The van der Waals surface area contributed by atoms with Crippen LogP contribution >= 0.6 is 0 Å². The number of nitrogens with one attached hydrogen (secondary N) is 2. The van der Waals surface area contributed by atoms with Gasteiger partial charge in [0.2, 0.25) is 0 Å². The monoisotopic (exact) mass is 262 g/mol. The number of benzene rings is 1. The topological polar surface area (TPSA) is 67.4 Å². The molecule has 0 unspecified atom stereocenters. The molecule has 2 N–H and O–H groups in total. The maximum Gasteiger partial charge on any atom is 0.307 e. The van der Waals surface area contributed by atoms with E-state index in [0.717, 1.165) is 25.1 Å². The Morgan fingerprint density at radius 1 is 1.42 bits per heavy atom. The maximum absolute atomic E-state index is 12.1. The van der Waals surface area contributed by atoms with Gasteiger partial charge in [0.05, 0.1) is 13.5 Å². The summed E-state index contributed by atoms with van der Waals surface area (Å²) in [4.78, 5) is 23.1. The second kappa shape index (κ2) is 6.33. The molecule has 0 bridgehead atoms. The molecule has 19 heavy (non-hydrogen) atoms. The van der Waals surface area contributed by atoms with Crippen LogP contribution in [0.1, 0.15) is 27.9 Å². The standard InChI is InChI=1S/C14H18N2O3/c1-19-13(17)6-8-16-14(18)12-4-2-3-10-9-15-7-5-11(10)12/h2-4,15H,5-9H2,1H3,(H,16,18). The number of rotatable bonds is 4. The van der Waals surface area contributed by atoms with Crippen molar-refractivity contribution in [3.8, 4) is 0 Å². The highest BCUT2D eigenvalue weighted by molar-refractivity contribution is 5.96. The van der Waals surface area contributed by atoms with Crippen LogP contribution in [0.15, 0.2) is 18.2 Å². The number of hydrogen-bond acceptors (Lipinski definition) is 4. The van der Waals surface area contributed by atoms with Gasteiger partial charge in [-0.1, -0.05) is 12.1 Å². The van der Waals surface area contributed by atoms with E-state index >= 15 is 0 Å². The third-order valence-corrected chi connectivity index (χ3v) is 3.23. The largest absolute Gasteiger partial charge is 0.469 e. The predicted octanol–water partition coefficient (Wildman–Crippen LogP) is 0.625. The van der Waals surface area contributed by atoms with Crippen molar-refractivity contribution in [2.75, 3.05) is 20.2 Å². The maximum atomic E-state index is 12.1. The molecule has 1 heterocycles. The third kappa shape index (κ3) is 3.32. The van der Waals surface area contributed by atoms with E-state index in [1.807, 2.05) is 18.2 Å². The molecule has 0 atom stereocenters. The molecule has 0 saturated heterocycles. The highest BCUT2D eigenvalue weighted by Gasteiger charge is 2.17. The number of hydrogen-bond donors (Lipinski definition) is 2. The van der Waals surface area contributed by atoms with E-state index in [-0.39, 0.29) is 18.3 Å². The zero-order valence-corrected chi connectivity index (χ0v) is 11.0. The summed E-state index contributed by atoms with van der Waals surface area (Å²) in [6.45, 7) is 1.99. The fraction of sp³-hybridized carbons (Fsp3) is 0.429. The van der Waals surface area contributed by atoms with Crippen LogP contribution in [0.5, 0.6) is 0 Å². The van der Waals surface area contributed by atoms with Crippen LogP contribution in [-0.2, 0) is 22.5 Å². The average Bonchev–Trinajstić information content (AvgIpc) is 2.46. The molecule has 0 fully saturated rings. The van der Waals surface area contributed by atoms with Crippen LogP contribution in [0.25, 0.3) is 0 Å². The molecule has 1 aliphatic rings. The van der Waals surface area contributed by atoms with Crippen molar-refractivity contribution in [2.45, 2.75) is 19.4 Å². The Kier molecular flexibility index (Phi) is 4.52. The lowest BCUT2D eigenvalue weighted by atomic mass is 9.95. The molecule has 2 rings (SSSR count). The Balaban J connectivity index is 2.01. The quantitative estimate of drug-likeness (QED) is 0.781. The molecule has 1 aliphatic heterocycles. The molecule has 1 aromatic carbocycles. The summed E-state index contributed by atoms with van der Waals surface area (Å²) in [5.41, 5.74) is 2.99. The molecule has 102 valence electrons. The number of carbonyl (C=O) groups is 2. The van der Waals surface area contributed by atoms with Gasteiger partial charge in [0.25, 0.3) is 5.91 Å². The van der Waals surface area contributed by atoms with Gasteiger partial charge in [-0.2, -0.15) is 0 Å². The van der Waals surface area contributed by atoms with E-state index in [1.54, 1.807) is 0 Å². The summed E-state index contributed by atoms with van der Waals surface area (Å²) in [6.07, 6.45) is 1.05. The van der Waals surface area contributed by atoms with Crippen molar-refractivity contribution in [1.82, 2.24) is 10.6 Å². The van der Waals surface area contributed by atoms with Gasteiger partial charge in [0.1, 0.15) is 0 Å². The third-order valence-electron chi connectivity index (χ3n) is 3.23. The molecule has 0 aromatic heterocycles. The normalized spacial score (nSPS) is 13.5. The lowest BCUT2D eigenvalue weighted by Crippen LogP contribution is -2.30. The highest BCUT2D eigenvalue weighted by atomic mass is 16.5. The van der Waals surface area contributed by atoms with Gasteiger partial charge in [-0.25, -0.2) is 0 Å². The van der Waals surface area contributed by atoms with Crippen molar-refractivity contribution in [2.24, 2.45) is 0 Å². The molecule has 0 aliphatic carbocycles. The van der Waals surface area contributed by atoms with Crippen molar-refractivity contribution in [1.29, 1.82) is 0 Å². The molecular formula is C14H18N2O3. The first-order valence-electron chi connectivity index (χ1n) is 6.39. The minimum Gasteiger partial charge on any atom is -0.469 e. The second-order valence-electron chi connectivity index (χ2n) is 4.45. The number of esters is 1. The van der Waals surface area contributed by atoms with Gasteiger partial charge in [0.15, 0.2) is 0 Å². The molecule has 0 saturated carbocycles. The summed E-state index contributed by atoms with van der Waals surface area (Å²) < 4.78 is 4.53. The van der Waals surface area contributed by atoms with Gasteiger partial charge >= 0.3 is 5.97 Å². The lowest BCUT2D eigenvalue weighted by molar-refractivity contribution is -0.140. The highest BCUT2D eigenvalue weighted by Crippen LogP contribution is 2.18. The van der Waals surface area contributed by atoms with E-state index in [1.165, 1.54) is 12.7 Å². The smallest absolute Gasteiger partial charge is 0.307 e. The Hall–Kier alpha value is -1.88. The van der Waals surface area contributed by atoms with E-state index in [0.29, 0.717) is 12.1 Å². The summed E-state index contributed by atoms with van der Waals surface area (Å²) in [5, 5.41) is 6.03. The fourth-order valence-corrected chi connectivity index (χ4v) is 2.22. The van der Waals surface area contributed by atoms with E-state index in [9.17, 15) is 9.59 Å². The van der Waals surface area contributed by atoms with Crippen LogP contribution in [0.3, 0.4) is 0 Å². The zero-order valence-electron chi connectivity index (χ0n) is 11.0. The van der Waals surface area contributed by atoms with E-state index < -0.39 is 0 Å². The van der Waals surface area contributed by atoms with Crippen molar-refractivity contribution in [3.05, 3.63) is 34.9 Å². The molecule has 0 radical (unpaired) electrons. The predicted molar refractivity (Wildman–Crippen MR) is 70.8 cm³/mol. The summed E-state index contributed by atoms with van der Waals surface area (Å²) in [7, 11) is 1.34. The van der Waals surface area contributed by atoms with Crippen molar-refractivity contribution in [3.63, 3.8) is 0 Å². The SMILES string of the molecule is COC(=O)CCNC(=O)c1cccc2c1CCNC2. The Labute approximate surface area is 112 Å². The summed E-state index contributed by atoms with van der Waals surface area (Å²) in [5.74, 6) is -0.442. The Morgan fingerprint density at radius 2 is 2.26 bits per heavy atom. The summed E-state index contributed by atoms with van der Waals surface area (Å²) in [6, 6.07) is 5.76. The zero-order chi connectivity index (χ0) is 13.7. The van der Waals surface area contributed by atoms with Crippen LogP contribution in [0, 0.1) is 0 Å². The van der Waals surface area contributed by atoms with Crippen LogP contribution in [0.2, 0.25) is 0 Å². The second-order valence-corrected chi connectivity index (χ2v) is 4.45. The lowest BCUT2D eigenvalue weighted by Gasteiger charge is -2.19. The van der Waals surface area contributed by atoms with Crippen LogP contribution in [0.4, 0.5) is 0 Å². The van der Waals surface area contributed by atoms with Gasteiger partial charge in [-0.05, 0) is 30.2 Å². The molecule has 0 spiro atoms. The minimum atomic E-state index is -0.320. The molecular weight excluding hydrogens is 244 g/mol. The van der Waals surface area contributed by atoms with E-state index in [4.69, 9.17) is 0 Å². The van der Waals surface area contributed by atoms with Crippen molar-refractivity contribution >= 4 is 11.9 Å². The molecule has 1 amide bonds.